The fraction of sp³-hybridized carbons (Fsp3) is 0.222. The number of hydrogen-bond acceptors (Lipinski definition) is 6. The van der Waals surface area contributed by atoms with Crippen molar-refractivity contribution in [1.82, 2.24) is 15.3 Å². The zero-order valence-corrected chi connectivity index (χ0v) is 16.1. The summed E-state index contributed by atoms with van der Waals surface area (Å²) in [5, 5.41) is 5.04. The molecule has 2 N–H and O–H groups in total. The maximum Gasteiger partial charge on any atom is 0.258 e. The van der Waals surface area contributed by atoms with E-state index in [0.29, 0.717) is 11.5 Å². The van der Waals surface area contributed by atoms with E-state index in [4.69, 9.17) is 4.74 Å². The van der Waals surface area contributed by atoms with Crippen molar-refractivity contribution >= 4 is 39.1 Å². The van der Waals surface area contributed by atoms with Crippen LogP contribution in [0.2, 0.25) is 0 Å². The average molecular weight is 424 g/mol. The van der Waals surface area contributed by atoms with E-state index < -0.39 is 48.1 Å². The van der Waals surface area contributed by atoms with Crippen LogP contribution in [0.3, 0.4) is 0 Å². The molecule has 2 aromatic heterocycles. The van der Waals surface area contributed by atoms with E-state index in [9.17, 15) is 22.8 Å². The average Bonchev–Trinajstić information content (AvgIpc) is 2.99. The third-order valence-electron chi connectivity index (χ3n) is 4.03. The van der Waals surface area contributed by atoms with Gasteiger partial charge in [0.1, 0.15) is 11.2 Å². The first-order valence-corrected chi connectivity index (χ1v) is 9.13. The number of rotatable bonds is 6. The van der Waals surface area contributed by atoms with Crippen LogP contribution in [0, 0.1) is 31.3 Å². The Kier molecular flexibility index (Phi) is 5.97. The largest absolute Gasteiger partial charge is 0.467 e. The molecule has 152 valence electrons. The number of anilines is 1. The van der Waals surface area contributed by atoms with Crippen molar-refractivity contribution in [2.45, 2.75) is 13.8 Å². The van der Waals surface area contributed by atoms with Crippen LogP contribution in [0.4, 0.5) is 18.9 Å². The molecule has 0 spiro atoms. The van der Waals surface area contributed by atoms with Gasteiger partial charge in [-0.3, -0.25) is 9.59 Å². The smallest absolute Gasteiger partial charge is 0.258 e. The van der Waals surface area contributed by atoms with Gasteiger partial charge in [0.05, 0.1) is 17.6 Å². The first kappa shape index (κ1) is 20.5. The predicted octanol–water partition coefficient (Wildman–Crippen LogP) is 2.86. The van der Waals surface area contributed by atoms with Gasteiger partial charge in [-0.25, -0.2) is 23.1 Å². The van der Waals surface area contributed by atoms with Crippen LogP contribution < -0.4 is 15.4 Å². The Labute approximate surface area is 166 Å². The lowest BCUT2D eigenvalue weighted by Gasteiger charge is -2.09. The number of nitrogens with zero attached hydrogens (tertiary/aromatic N) is 2. The molecule has 0 aliphatic heterocycles. The van der Waals surface area contributed by atoms with Crippen molar-refractivity contribution in [2.24, 2.45) is 0 Å². The summed E-state index contributed by atoms with van der Waals surface area (Å²) in [6, 6.07) is 1.55. The molecule has 0 saturated carbocycles. The third kappa shape index (κ3) is 4.45. The Balaban J connectivity index is 1.54. The molecule has 0 atom stereocenters. The predicted molar refractivity (Wildman–Crippen MR) is 100 cm³/mol. The number of benzene rings is 1. The number of aryl methyl sites for hydroxylation is 2. The van der Waals surface area contributed by atoms with Gasteiger partial charge < -0.3 is 15.4 Å². The highest BCUT2D eigenvalue weighted by atomic mass is 32.1. The lowest BCUT2D eigenvalue weighted by atomic mass is 10.2. The van der Waals surface area contributed by atoms with E-state index in [2.05, 4.69) is 15.3 Å². The molecule has 0 bridgehead atoms. The summed E-state index contributed by atoms with van der Waals surface area (Å²) in [4.78, 5) is 33.7. The molecule has 0 aliphatic carbocycles. The molecule has 2 heterocycles. The van der Waals surface area contributed by atoms with E-state index in [0.717, 1.165) is 21.3 Å². The molecule has 1 aromatic carbocycles. The number of nitrogens with one attached hydrogen (secondary N) is 2. The standard InChI is InChI=1S/C18H15F3N4O3S/c1-8-9(2)29-18-14(8)17(23-7-24-18)28-6-13(27)22-5-12(26)25-11-4-3-10(19)15(20)16(11)21/h3-4,7H,5-6H2,1-2H3,(H,22,27)(H,25,26). The van der Waals surface area contributed by atoms with Crippen LogP contribution in [-0.2, 0) is 9.59 Å². The topological polar surface area (TPSA) is 93.2 Å². The number of hydrogen-bond donors (Lipinski definition) is 2. The number of aromatic nitrogens is 2. The molecule has 11 heteroatoms. The number of carbonyl (C=O) groups excluding carboxylic acids is 2. The van der Waals surface area contributed by atoms with Gasteiger partial charge in [0.15, 0.2) is 24.1 Å². The van der Waals surface area contributed by atoms with E-state index >= 15 is 0 Å². The third-order valence-corrected chi connectivity index (χ3v) is 5.14. The van der Waals surface area contributed by atoms with Crippen molar-refractivity contribution in [1.29, 1.82) is 0 Å². The summed E-state index contributed by atoms with van der Waals surface area (Å²) in [6.07, 6.45) is 1.33. The van der Waals surface area contributed by atoms with Crippen molar-refractivity contribution < 1.29 is 27.5 Å². The lowest BCUT2D eigenvalue weighted by Crippen LogP contribution is -2.36. The Morgan fingerprint density at radius 2 is 1.86 bits per heavy atom. The van der Waals surface area contributed by atoms with E-state index in [1.54, 1.807) is 0 Å². The normalized spacial score (nSPS) is 10.8. The molecule has 0 unspecified atom stereocenters. The first-order valence-electron chi connectivity index (χ1n) is 8.31. The molecule has 3 aromatic rings. The molecular weight excluding hydrogens is 409 g/mol. The molecule has 0 fully saturated rings. The summed E-state index contributed by atoms with van der Waals surface area (Å²) in [7, 11) is 0. The zero-order valence-electron chi connectivity index (χ0n) is 15.3. The Morgan fingerprint density at radius 1 is 1.10 bits per heavy atom. The number of ether oxygens (including phenoxy) is 1. The minimum Gasteiger partial charge on any atom is -0.467 e. The fourth-order valence-corrected chi connectivity index (χ4v) is 3.43. The van der Waals surface area contributed by atoms with E-state index in [1.807, 2.05) is 19.2 Å². The quantitative estimate of drug-likeness (QED) is 0.594. The Bertz CT molecular complexity index is 1100. The van der Waals surface area contributed by atoms with Crippen LogP contribution in [-0.4, -0.2) is 34.9 Å². The molecule has 3 rings (SSSR count). The Morgan fingerprint density at radius 3 is 2.62 bits per heavy atom. The minimum atomic E-state index is -1.70. The summed E-state index contributed by atoms with van der Waals surface area (Å²) in [5.41, 5.74) is 0.417. The van der Waals surface area contributed by atoms with E-state index in [-0.39, 0.29) is 5.88 Å². The maximum atomic E-state index is 13.5. The molecule has 0 radical (unpaired) electrons. The minimum absolute atomic E-state index is 0.250. The summed E-state index contributed by atoms with van der Waals surface area (Å²) in [5.74, 6) is -5.79. The van der Waals surface area contributed by atoms with E-state index in [1.165, 1.54) is 17.7 Å². The van der Waals surface area contributed by atoms with Crippen molar-refractivity contribution in [2.75, 3.05) is 18.5 Å². The van der Waals surface area contributed by atoms with Crippen LogP contribution in [0.25, 0.3) is 10.2 Å². The van der Waals surface area contributed by atoms with Gasteiger partial charge in [0.25, 0.3) is 5.91 Å². The first-order chi connectivity index (χ1) is 13.8. The summed E-state index contributed by atoms with van der Waals surface area (Å²) in [6.45, 7) is 2.91. The highest BCUT2D eigenvalue weighted by molar-refractivity contribution is 7.18. The fourth-order valence-electron chi connectivity index (χ4n) is 2.44. The Hall–Kier alpha value is -3.21. The molecule has 2 amide bonds. The number of carbonyl (C=O) groups is 2. The molecule has 29 heavy (non-hydrogen) atoms. The zero-order chi connectivity index (χ0) is 21.1. The van der Waals surface area contributed by atoms with Gasteiger partial charge >= 0.3 is 0 Å². The van der Waals surface area contributed by atoms with Gasteiger partial charge in [0.2, 0.25) is 11.8 Å². The molecule has 0 saturated heterocycles. The lowest BCUT2D eigenvalue weighted by molar-refractivity contribution is -0.125. The van der Waals surface area contributed by atoms with Crippen LogP contribution in [0.1, 0.15) is 10.4 Å². The van der Waals surface area contributed by atoms with Gasteiger partial charge in [0, 0.05) is 4.88 Å². The van der Waals surface area contributed by atoms with Gasteiger partial charge in [-0.2, -0.15) is 0 Å². The molecular formula is C18H15F3N4O3S. The monoisotopic (exact) mass is 424 g/mol. The van der Waals surface area contributed by atoms with Crippen LogP contribution in [0.5, 0.6) is 5.88 Å². The number of amides is 2. The SMILES string of the molecule is Cc1sc2ncnc(OCC(=O)NCC(=O)Nc3ccc(F)c(F)c3F)c2c1C. The van der Waals surface area contributed by atoms with Crippen molar-refractivity contribution in [3.63, 3.8) is 0 Å². The van der Waals surface area contributed by atoms with Crippen LogP contribution >= 0.6 is 11.3 Å². The van der Waals surface area contributed by atoms with Crippen molar-refractivity contribution in [3.8, 4) is 5.88 Å². The van der Waals surface area contributed by atoms with Crippen molar-refractivity contribution in [3.05, 3.63) is 46.4 Å². The number of thiophene rings is 1. The van der Waals surface area contributed by atoms with Gasteiger partial charge in [-0.1, -0.05) is 0 Å². The van der Waals surface area contributed by atoms with Gasteiger partial charge in [-0.05, 0) is 31.5 Å². The highest BCUT2D eigenvalue weighted by Crippen LogP contribution is 2.33. The molecule has 0 aliphatic rings. The second kappa shape index (κ2) is 8.43. The summed E-state index contributed by atoms with van der Waals surface area (Å²) >= 11 is 1.48. The van der Waals surface area contributed by atoms with Gasteiger partial charge in [-0.15, -0.1) is 11.3 Å². The van der Waals surface area contributed by atoms with Crippen LogP contribution in [0.15, 0.2) is 18.5 Å². The number of halogens is 3. The number of fused-ring (bicyclic) bond motifs is 1. The summed E-state index contributed by atoms with van der Waals surface area (Å²) < 4.78 is 45.0. The highest BCUT2D eigenvalue weighted by Gasteiger charge is 2.17. The molecule has 7 nitrogen and oxygen atoms in total. The second-order valence-corrected chi connectivity index (χ2v) is 7.18. The maximum absolute atomic E-state index is 13.5. The second-order valence-electron chi connectivity index (χ2n) is 5.98.